The summed E-state index contributed by atoms with van der Waals surface area (Å²) in [5.74, 6) is 0.211. The molecule has 1 heterocycles. The molecule has 17 heavy (non-hydrogen) atoms. The molecule has 1 aliphatic heterocycles. The number of hydrogen-bond donors (Lipinski definition) is 1. The minimum absolute atomic E-state index is 0.211. The predicted octanol–water partition coefficient (Wildman–Crippen LogP) is 2.34. The second kappa shape index (κ2) is 5.21. The van der Waals surface area contributed by atoms with Gasteiger partial charge in [-0.15, -0.1) is 0 Å². The van der Waals surface area contributed by atoms with Gasteiger partial charge in [-0.3, -0.25) is 4.79 Å². The lowest BCUT2D eigenvalue weighted by Crippen LogP contribution is -2.33. The molecule has 0 aromatic heterocycles. The van der Waals surface area contributed by atoms with Gasteiger partial charge < -0.3 is 10.2 Å². The third-order valence-corrected chi connectivity index (χ3v) is 3.27. The van der Waals surface area contributed by atoms with Crippen LogP contribution >= 0.6 is 0 Å². The Morgan fingerprint density at radius 2 is 2.00 bits per heavy atom. The molecule has 1 saturated heterocycles. The van der Waals surface area contributed by atoms with Crippen LogP contribution in [-0.4, -0.2) is 30.4 Å². The summed E-state index contributed by atoms with van der Waals surface area (Å²) in [6.45, 7) is 6.40. The quantitative estimate of drug-likeness (QED) is 0.867. The van der Waals surface area contributed by atoms with Crippen LogP contribution in [0.1, 0.15) is 24.0 Å². The molecule has 3 nitrogen and oxygen atoms in total. The number of carbonyl (C=O) groups is 1. The summed E-state index contributed by atoms with van der Waals surface area (Å²) < 4.78 is 0. The van der Waals surface area contributed by atoms with Crippen LogP contribution in [0.25, 0.3) is 0 Å². The molecule has 1 fully saturated rings. The first-order chi connectivity index (χ1) is 8.16. The first-order valence-electron chi connectivity index (χ1n) is 6.26. The van der Waals surface area contributed by atoms with Crippen molar-refractivity contribution >= 4 is 11.6 Å². The maximum Gasteiger partial charge on any atom is 0.241 e. The zero-order valence-electron chi connectivity index (χ0n) is 10.6. The van der Waals surface area contributed by atoms with Crippen molar-refractivity contribution in [3.05, 3.63) is 29.3 Å². The zero-order valence-corrected chi connectivity index (χ0v) is 10.6. The Balaban J connectivity index is 1.90. The molecule has 0 aliphatic carbocycles. The van der Waals surface area contributed by atoms with Crippen molar-refractivity contribution in [1.29, 1.82) is 0 Å². The molecule has 2 rings (SSSR count). The Kier molecular flexibility index (Phi) is 3.67. The fraction of sp³-hybridized carbons (Fsp3) is 0.500. The second-order valence-corrected chi connectivity index (χ2v) is 4.76. The lowest BCUT2D eigenvalue weighted by Gasteiger charge is -2.16. The number of amides is 1. The van der Waals surface area contributed by atoms with Gasteiger partial charge in [-0.05, 0) is 38.3 Å². The molecule has 1 aromatic rings. The van der Waals surface area contributed by atoms with Crippen molar-refractivity contribution < 1.29 is 4.79 Å². The first-order valence-corrected chi connectivity index (χ1v) is 6.26. The first kappa shape index (κ1) is 12.0. The monoisotopic (exact) mass is 232 g/mol. The molecule has 0 spiro atoms. The average molecular weight is 232 g/mol. The van der Waals surface area contributed by atoms with Crippen molar-refractivity contribution in [2.24, 2.45) is 0 Å². The number of aryl methyl sites for hydroxylation is 2. The predicted molar refractivity (Wildman–Crippen MR) is 70.2 cm³/mol. The number of hydrogen-bond acceptors (Lipinski definition) is 2. The highest BCUT2D eigenvalue weighted by atomic mass is 16.2. The lowest BCUT2D eigenvalue weighted by molar-refractivity contribution is -0.128. The molecule has 0 saturated carbocycles. The van der Waals surface area contributed by atoms with Crippen molar-refractivity contribution in [3.63, 3.8) is 0 Å². The summed E-state index contributed by atoms with van der Waals surface area (Å²) in [6.07, 6.45) is 2.30. The van der Waals surface area contributed by atoms with E-state index in [0.717, 1.165) is 31.6 Å². The summed E-state index contributed by atoms with van der Waals surface area (Å²) in [5.41, 5.74) is 3.50. The van der Waals surface area contributed by atoms with Gasteiger partial charge in [0.25, 0.3) is 0 Å². The lowest BCUT2D eigenvalue weighted by atomic mass is 10.1. The van der Waals surface area contributed by atoms with E-state index in [1.807, 2.05) is 11.0 Å². The third-order valence-electron chi connectivity index (χ3n) is 3.27. The summed E-state index contributed by atoms with van der Waals surface area (Å²) >= 11 is 0. The van der Waals surface area contributed by atoms with Crippen LogP contribution in [0.3, 0.4) is 0 Å². The van der Waals surface area contributed by atoms with E-state index in [4.69, 9.17) is 0 Å². The van der Waals surface area contributed by atoms with Gasteiger partial charge in [0.2, 0.25) is 5.91 Å². The second-order valence-electron chi connectivity index (χ2n) is 4.76. The summed E-state index contributed by atoms with van der Waals surface area (Å²) in [6, 6.07) is 6.24. The van der Waals surface area contributed by atoms with Crippen LogP contribution in [0.4, 0.5) is 5.69 Å². The maximum atomic E-state index is 11.9. The van der Waals surface area contributed by atoms with E-state index in [9.17, 15) is 4.79 Å². The maximum absolute atomic E-state index is 11.9. The highest BCUT2D eigenvalue weighted by Crippen LogP contribution is 2.16. The average Bonchev–Trinajstić information content (AvgIpc) is 2.81. The smallest absolute Gasteiger partial charge is 0.241 e. The molecular weight excluding hydrogens is 212 g/mol. The number of rotatable bonds is 3. The molecular formula is C14H20N2O. The SMILES string of the molecule is Cc1ccc(NCC(=O)N2CCCC2)c(C)c1. The van der Waals surface area contributed by atoms with Gasteiger partial charge in [0.1, 0.15) is 0 Å². The number of nitrogens with one attached hydrogen (secondary N) is 1. The largest absolute Gasteiger partial charge is 0.376 e. The van der Waals surface area contributed by atoms with Crippen molar-refractivity contribution in [1.82, 2.24) is 4.90 Å². The number of benzene rings is 1. The Bertz CT molecular complexity index is 409. The normalized spacial score (nSPS) is 15.1. The van der Waals surface area contributed by atoms with Crippen LogP contribution in [0.15, 0.2) is 18.2 Å². The highest BCUT2D eigenvalue weighted by molar-refractivity contribution is 5.81. The van der Waals surface area contributed by atoms with Gasteiger partial charge >= 0.3 is 0 Å². The Morgan fingerprint density at radius 3 is 2.65 bits per heavy atom. The Labute approximate surface area is 103 Å². The highest BCUT2D eigenvalue weighted by Gasteiger charge is 2.17. The summed E-state index contributed by atoms with van der Waals surface area (Å²) in [7, 11) is 0. The van der Waals surface area contributed by atoms with Crippen molar-refractivity contribution in [2.75, 3.05) is 25.0 Å². The molecule has 1 N–H and O–H groups in total. The standard InChI is InChI=1S/C14H20N2O/c1-11-5-6-13(12(2)9-11)15-10-14(17)16-7-3-4-8-16/h5-6,9,15H,3-4,7-8,10H2,1-2H3. The zero-order chi connectivity index (χ0) is 12.3. The van der Waals surface area contributed by atoms with Gasteiger partial charge in [0, 0.05) is 18.8 Å². The molecule has 1 aliphatic rings. The molecule has 1 amide bonds. The van der Waals surface area contributed by atoms with Crippen molar-refractivity contribution in [2.45, 2.75) is 26.7 Å². The van der Waals surface area contributed by atoms with Gasteiger partial charge in [-0.1, -0.05) is 17.7 Å². The molecule has 1 aromatic carbocycles. The Morgan fingerprint density at radius 1 is 1.29 bits per heavy atom. The summed E-state index contributed by atoms with van der Waals surface area (Å²) in [5, 5.41) is 3.23. The number of anilines is 1. The molecule has 0 unspecified atom stereocenters. The van der Waals surface area contributed by atoms with Crippen LogP contribution in [0.2, 0.25) is 0 Å². The third kappa shape index (κ3) is 2.99. The van der Waals surface area contributed by atoms with Gasteiger partial charge in [0.15, 0.2) is 0 Å². The minimum Gasteiger partial charge on any atom is -0.376 e. The van der Waals surface area contributed by atoms with Crippen LogP contribution in [-0.2, 0) is 4.79 Å². The van der Waals surface area contributed by atoms with E-state index in [2.05, 4.69) is 31.3 Å². The molecule has 3 heteroatoms. The fourth-order valence-electron chi connectivity index (χ4n) is 2.26. The topological polar surface area (TPSA) is 32.3 Å². The van der Waals surface area contributed by atoms with Crippen LogP contribution in [0, 0.1) is 13.8 Å². The Hall–Kier alpha value is -1.51. The van der Waals surface area contributed by atoms with E-state index < -0.39 is 0 Å². The fourth-order valence-corrected chi connectivity index (χ4v) is 2.26. The number of carbonyl (C=O) groups excluding carboxylic acids is 1. The number of likely N-dealkylation sites (tertiary alicyclic amines) is 1. The number of nitrogens with zero attached hydrogens (tertiary/aromatic N) is 1. The molecule has 0 atom stereocenters. The van der Waals surface area contributed by atoms with E-state index in [0.29, 0.717) is 6.54 Å². The molecule has 0 bridgehead atoms. The van der Waals surface area contributed by atoms with E-state index in [1.165, 1.54) is 11.1 Å². The van der Waals surface area contributed by atoms with Gasteiger partial charge in [-0.25, -0.2) is 0 Å². The minimum atomic E-state index is 0.211. The van der Waals surface area contributed by atoms with E-state index >= 15 is 0 Å². The van der Waals surface area contributed by atoms with Crippen LogP contribution < -0.4 is 5.32 Å². The van der Waals surface area contributed by atoms with Gasteiger partial charge in [-0.2, -0.15) is 0 Å². The van der Waals surface area contributed by atoms with E-state index in [-0.39, 0.29) is 5.91 Å². The summed E-state index contributed by atoms with van der Waals surface area (Å²) in [4.78, 5) is 13.8. The van der Waals surface area contributed by atoms with E-state index in [1.54, 1.807) is 0 Å². The van der Waals surface area contributed by atoms with Crippen molar-refractivity contribution in [3.8, 4) is 0 Å². The van der Waals surface area contributed by atoms with Gasteiger partial charge in [0.05, 0.1) is 6.54 Å². The van der Waals surface area contributed by atoms with Crippen LogP contribution in [0.5, 0.6) is 0 Å². The molecule has 92 valence electrons. The molecule has 0 radical (unpaired) electrons.